The van der Waals surface area contributed by atoms with Crippen molar-refractivity contribution in [1.82, 2.24) is 10.0 Å². The summed E-state index contributed by atoms with van der Waals surface area (Å²) >= 11 is 0. The maximum atomic E-state index is 13.1. The largest absolute Gasteiger partial charge is 0.352 e. The van der Waals surface area contributed by atoms with Crippen molar-refractivity contribution >= 4 is 15.9 Å². The van der Waals surface area contributed by atoms with Gasteiger partial charge >= 0.3 is 0 Å². The van der Waals surface area contributed by atoms with E-state index in [1.54, 1.807) is 12.1 Å². The van der Waals surface area contributed by atoms with Gasteiger partial charge in [-0.2, -0.15) is 0 Å². The number of sulfonamides is 1. The lowest BCUT2D eigenvalue weighted by Crippen LogP contribution is -2.26. The van der Waals surface area contributed by atoms with Crippen LogP contribution >= 0.6 is 0 Å². The highest BCUT2D eigenvalue weighted by Crippen LogP contribution is 2.10. The zero-order valence-corrected chi connectivity index (χ0v) is 14.4. The molecule has 2 aromatic carbocycles. The molecular weight excluding hydrogens is 343 g/mol. The van der Waals surface area contributed by atoms with Crippen LogP contribution in [0.5, 0.6) is 0 Å². The predicted molar refractivity (Wildman–Crippen MR) is 94.3 cm³/mol. The number of benzene rings is 2. The van der Waals surface area contributed by atoms with Crippen molar-refractivity contribution in [2.45, 2.75) is 11.3 Å². The fourth-order valence-corrected chi connectivity index (χ4v) is 3.15. The van der Waals surface area contributed by atoms with Gasteiger partial charge in [0.25, 0.3) is 5.91 Å². The Labute approximate surface area is 146 Å². The molecule has 0 bridgehead atoms. The summed E-state index contributed by atoms with van der Waals surface area (Å²) < 4.78 is 39.3. The number of nitrogens with one attached hydrogen (secondary N) is 2. The van der Waals surface area contributed by atoms with Crippen molar-refractivity contribution in [3.63, 3.8) is 0 Å². The third-order valence-electron chi connectivity index (χ3n) is 3.43. The summed E-state index contributed by atoms with van der Waals surface area (Å²) in [6.07, 6.45) is 1.94. The van der Waals surface area contributed by atoms with E-state index in [9.17, 15) is 17.6 Å². The van der Waals surface area contributed by atoms with Crippen LogP contribution < -0.4 is 10.0 Å². The molecule has 0 heterocycles. The lowest BCUT2D eigenvalue weighted by molar-refractivity contribution is 0.0954. The molecule has 2 N–H and O–H groups in total. The Morgan fingerprint density at radius 3 is 2.52 bits per heavy atom. The first-order chi connectivity index (χ1) is 11.9. The molecule has 132 valence electrons. The molecule has 25 heavy (non-hydrogen) atoms. The predicted octanol–water partition coefficient (Wildman–Crippen LogP) is 2.26. The van der Waals surface area contributed by atoms with Crippen LogP contribution in [-0.2, 0) is 16.4 Å². The van der Waals surface area contributed by atoms with Crippen molar-refractivity contribution in [3.8, 4) is 0 Å². The van der Waals surface area contributed by atoms with Crippen molar-refractivity contribution in [2.24, 2.45) is 0 Å². The summed E-state index contributed by atoms with van der Waals surface area (Å²) in [5.74, 6) is -0.634. The lowest BCUT2D eigenvalue weighted by Gasteiger charge is -2.07. The maximum Gasteiger partial charge on any atom is 0.251 e. The minimum atomic E-state index is -3.61. The zero-order chi connectivity index (χ0) is 18.3. The number of hydrogen-bond acceptors (Lipinski definition) is 3. The minimum Gasteiger partial charge on any atom is -0.352 e. The third-order valence-corrected chi connectivity index (χ3v) is 4.87. The monoisotopic (exact) mass is 362 g/mol. The average molecular weight is 362 g/mol. The second kappa shape index (κ2) is 8.55. The molecule has 5 nitrogen and oxygen atoms in total. The number of carbonyl (C=O) groups is 1. The van der Waals surface area contributed by atoms with E-state index in [0.29, 0.717) is 18.5 Å². The Bertz CT molecular complexity index is 849. The molecule has 2 aromatic rings. The third kappa shape index (κ3) is 5.51. The summed E-state index contributed by atoms with van der Waals surface area (Å²) in [5.41, 5.74) is 1.14. The van der Waals surface area contributed by atoms with Crippen molar-refractivity contribution in [1.29, 1.82) is 0 Å². The normalized spacial score (nSPS) is 11.1. The molecule has 0 saturated heterocycles. The van der Waals surface area contributed by atoms with Gasteiger partial charge in [-0.3, -0.25) is 4.79 Å². The summed E-state index contributed by atoms with van der Waals surface area (Å²) in [4.78, 5) is 12.1. The van der Waals surface area contributed by atoms with E-state index in [0.717, 1.165) is 5.56 Å². The van der Waals surface area contributed by atoms with Gasteiger partial charge in [0.2, 0.25) is 10.0 Å². The molecule has 0 atom stereocenters. The van der Waals surface area contributed by atoms with Gasteiger partial charge in [0, 0.05) is 18.7 Å². The maximum absolute atomic E-state index is 13.1. The van der Waals surface area contributed by atoms with Crippen LogP contribution in [0.1, 0.15) is 15.9 Å². The SMILES string of the molecule is C=CCNS(=O)(=O)c1ccc(C(=O)NCCc2cccc(F)c2)cc1. The van der Waals surface area contributed by atoms with E-state index in [4.69, 9.17) is 0 Å². The lowest BCUT2D eigenvalue weighted by atomic mass is 10.1. The van der Waals surface area contributed by atoms with Gasteiger partial charge in [-0.25, -0.2) is 17.5 Å². The fraction of sp³-hybridized carbons (Fsp3) is 0.167. The molecule has 0 saturated carbocycles. The smallest absolute Gasteiger partial charge is 0.251 e. The first-order valence-corrected chi connectivity index (χ1v) is 9.14. The number of hydrogen-bond donors (Lipinski definition) is 2. The molecule has 1 amide bonds. The molecule has 7 heteroatoms. The quantitative estimate of drug-likeness (QED) is 0.708. The molecular formula is C18H19FN2O3S. The van der Waals surface area contributed by atoms with Crippen LogP contribution in [0, 0.1) is 5.82 Å². The Kier molecular flexibility index (Phi) is 6.44. The standard InChI is InChI=1S/C18H19FN2O3S/c1-2-11-21-25(23,24)17-8-6-15(7-9-17)18(22)20-12-10-14-4-3-5-16(19)13-14/h2-9,13,21H,1,10-12H2,(H,20,22). The van der Waals surface area contributed by atoms with E-state index in [1.807, 2.05) is 0 Å². The van der Waals surface area contributed by atoms with E-state index >= 15 is 0 Å². The Hall–Kier alpha value is -2.51. The van der Waals surface area contributed by atoms with Crippen molar-refractivity contribution < 1.29 is 17.6 Å². The summed E-state index contributed by atoms with van der Waals surface area (Å²) in [6.45, 7) is 3.93. The van der Waals surface area contributed by atoms with E-state index in [-0.39, 0.29) is 23.2 Å². The molecule has 0 aliphatic carbocycles. The van der Waals surface area contributed by atoms with Crippen molar-refractivity contribution in [2.75, 3.05) is 13.1 Å². The number of rotatable bonds is 8. The Morgan fingerprint density at radius 2 is 1.88 bits per heavy atom. The highest BCUT2D eigenvalue weighted by atomic mass is 32.2. The molecule has 0 unspecified atom stereocenters. The number of amides is 1. The van der Waals surface area contributed by atoms with Gasteiger partial charge in [0.15, 0.2) is 0 Å². The first-order valence-electron chi connectivity index (χ1n) is 7.65. The van der Waals surface area contributed by atoms with Crippen molar-refractivity contribution in [3.05, 3.63) is 78.1 Å². The van der Waals surface area contributed by atoms with Crippen LogP contribution in [0.15, 0.2) is 66.1 Å². The van der Waals surface area contributed by atoms with Gasteiger partial charge < -0.3 is 5.32 Å². The molecule has 0 aliphatic heterocycles. The second-order valence-electron chi connectivity index (χ2n) is 5.30. The second-order valence-corrected chi connectivity index (χ2v) is 7.07. The summed E-state index contributed by atoms with van der Waals surface area (Å²) in [5, 5.41) is 2.72. The summed E-state index contributed by atoms with van der Waals surface area (Å²) in [6, 6.07) is 11.8. The molecule has 0 aliphatic rings. The van der Waals surface area contributed by atoms with Gasteiger partial charge in [0.1, 0.15) is 5.82 Å². The average Bonchev–Trinajstić information content (AvgIpc) is 2.60. The highest BCUT2D eigenvalue weighted by Gasteiger charge is 2.13. The van der Waals surface area contributed by atoms with Gasteiger partial charge in [-0.1, -0.05) is 18.2 Å². The first kappa shape index (κ1) is 18.8. The van der Waals surface area contributed by atoms with Crippen LogP contribution in [-0.4, -0.2) is 27.4 Å². The molecule has 0 spiro atoms. The van der Waals surface area contributed by atoms with Crippen LogP contribution in [0.4, 0.5) is 4.39 Å². The number of carbonyl (C=O) groups excluding carboxylic acids is 1. The van der Waals surface area contributed by atoms with E-state index in [1.165, 1.54) is 42.5 Å². The van der Waals surface area contributed by atoms with Crippen LogP contribution in [0.25, 0.3) is 0 Å². The van der Waals surface area contributed by atoms with E-state index < -0.39 is 10.0 Å². The van der Waals surface area contributed by atoms with Crippen LogP contribution in [0.3, 0.4) is 0 Å². The highest BCUT2D eigenvalue weighted by molar-refractivity contribution is 7.89. The summed E-state index contributed by atoms with van der Waals surface area (Å²) in [7, 11) is -3.61. The molecule has 2 rings (SSSR count). The van der Waals surface area contributed by atoms with Crippen LogP contribution in [0.2, 0.25) is 0 Å². The molecule has 0 fully saturated rings. The zero-order valence-electron chi connectivity index (χ0n) is 13.5. The topological polar surface area (TPSA) is 75.3 Å². The van der Waals surface area contributed by atoms with Gasteiger partial charge in [-0.05, 0) is 48.4 Å². The number of halogens is 1. The minimum absolute atomic E-state index is 0.0747. The Morgan fingerprint density at radius 1 is 1.16 bits per heavy atom. The fourth-order valence-electron chi connectivity index (χ4n) is 2.15. The molecule has 0 aromatic heterocycles. The van der Waals surface area contributed by atoms with E-state index in [2.05, 4.69) is 16.6 Å². The molecule has 0 radical (unpaired) electrons. The Balaban J connectivity index is 1.93. The van der Waals surface area contributed by atoms with Gasteiger partial charge in [-0.15, -0.1) is 6.58 Å². The van der Waals surface area contributed by atoms with Gasteiger partial charge in [0.05, 0.1) is 4.90 Å².